The van der Waals surface area contributed by atoms with Crippen molar-refractivity contribution in [3.63, 3.8) is 0 Å². The first-order valence-electron chi connectivity index (χ1n) is 7.69. The molecule has 1 fully saturated rings. The molecule has 0 radical (unpaired) electrons. The molecule has 0 heterocycles. The van der Waals surface area contributed by atoms with Gasteiger partial charge in [-0.15, -0.1) is 0 Å². The van der Waals surface area contributed by atoms with Crippen LogP contribution in [0.3, 0.4) is 0 Å². The molecule has 0 saturated heterocycles. The summed E-state index contributed by atoms with van der Waals surface area (Å²) in [5, 5.41) is 0. The van der Waals surface area contributed by atoms with Crippen LogP contribution in [-0.4, -0.2) is 0 Å². The average molecular weight is 394 g/mol. The Hall–Kier alpha value is 0.103. The molecule has 1 heteroatoms. The average Bonchev–Trinajstić information content (AvgIpc) is 2.48. The number of allylic oxidation sites excluding steroid dienone is 4. The minimum absolute atomic E-state index is 0. The van der Waals surface area contributed by atoms with Gasteiger partial charge in [-0.2, -0.15) is 18.8 Å². The first-order chi connectivity index (χ1) is 8.55. The van der Waals surface area contributed by atoms with Crippen molar-refractivity contribution in [2.75, 3.05) is 0 Å². The summed E-state index contributed by atoms with van der Waals surface area (Å²) in [6.07, 6.45) is 14.0. The van der Waals surface area contributed by atoms with Crippen molar-refractivity contribution < 1.29 is 19.5 Å². The van der Waals surface area contributed by atoms with E-state index in [1.165, 1.54) is 25.7 Å². The van der Waals surface area contributed by atoms with Crippen molar-refractivity contribution in [1.29, 1.82) is 0 Å². The van der Waals surface area contributed by atoms with Crippen LogP contribution in [-0.2, 0) is 19.5 Å². The van der Waals surface area contributed by atoms with Crippen molar-refractivity contribution in [1.82, 2.24) is 0 Å². The molecule has 0 bridgehead atoms. The van der Waals surface area contributed by atoms with Crippen LogP contribution in [0, 0.1) is 51.9 Å². The molecule has 0 spiro atoms. The predicted molar refractivity (Wildman–Crippen MR) is 102 cm³/mol. The van der Waals surface area contributed by atoms with Gasteiger partial charge in [-0.05, 0) is 25.7 Å². The maximum absolute atomic E-state index is 2.38. The third kappa shape index (κ3) is 9.29. The Morgan fingerprint density at radius 2 is 0.864 bits per heavy atom. The van der Waals surface area contributed by atoms with Crippen molar-refractivity contribution in [2.45, 2.75) is 60.3 Å². The molecule has 0 aromatic rings. The minimum Gasteiger partial charge on any atom is -0.358 e. The van der Waals surface area contributed by atoms with Crippen LogP contribution in [0.15, 0.2) is 24.3 Å². The first kappa shape index (κ1) is 30.0. The standard InChI is InChI=1S/C10H19.C8H12.3CH3.Ru/c1-6-7(2)9(4)10(5)8(6)3;1-2-4-6-8-7-5-3-1;;;;/h6-9H,1-5H3;1-2,7-8H,3-6H2;3*1H3;/q-1;;3*-1;+4/b;2-1-,8-7?;;;;. The fraction of sp³-hybridized carbons (Fsp3) is 0.619. The Kier molecular flexibility index (Phi) is 21.8. The van der Waals surface area contributed by atoms with Crippen LogP contribution in [0.2, 0.25) is 0 Å². The zero-order valence-electron chi connectivity index (χ0n) is 16.3. The summed E-state index contributed by atoms with van der Waals surface area (Å²) < 4.78 is 0. The smallest absolute Gasteiger partial charge is 0.358 e. The fourth-order valence-electron chi connectivity index (χ4n) is 3.01. The summed E-state index contributed by atoms with van der Waals surface area (Å²) in [5.41, 5.74) is 0. The molecule has 132 valence electrons. The molecule has 0 aromatic carbocycles. The van der Waals surface area contributed by atoms with Crippen LogP contribution in [0.25, 0.3) is 0 Å². The quantitative estimate of drug-likeness (QED) is 0.233. The molecule has 0 aliphatic heterocycles. The largest absolute Gasteiger partial charge is 4.00 e. The molecule has 1 saturated carbocycles. The van der Waals surface area contributed by atoms with Gasteiger partial charge in [0.05, 0.1) is 0 Å². The molecule has 0 nitrogen and oxygen atoms in total. The van der Waals surface area contributed by atoms with Crippen LogP contribution >= 0.6 is 0 Å². The maximum atomic E-state index is 2.38. The van der Waals surface area contributed by atoms with Crippen molar-refractivity contribution in [3.05, 3.63) is 52.5 Å². The molecular weight excluding hydrogens is 353 g/mol. The summed E-state index contributed by atoms with van der Waals surface area (Å²) in [5.74, 6) is 5.21. The second kappa shape index (κ2) is 16.0. The third-order valence-electron chi connectivity index (χ3n) is 5.18. The van der Waals surface area contributed by atoms with Crippen LogP contribution in [0.5, 0.6) is 0 Å². The molecule has 2 aliphatic carbocycles. The van der Waals surface area contributed by atoms with Crippen molar-refractivity contribution >= 4 is 0 Å². The van der Waals surface area contributed by atoms with Gasteiger partial charge in [-0.3, -0.25) is 0 Å². The van der Waals surface area contributed by atoms with E-state index in [-0.39, 0.29) is 41.8 Å². The Balaban J connectivity index is -0.000000126. The predicted octanol–water partition coefficient (Wildman–Crippen LogP) is 7.16. The van der Waals surface area contributed by atoms with Gasteiger partial charge in [0.1, 0.15) is 0 Å². The third-order valence-corrected chi connectivity index (χ3v) is 5.18. The Bertz CT molecular complexity index is 209. The van der Waals surface area contributed by atoms with Gasteiger partial charge >= 0.3 is 19.5 Å². The fourth-order valence-corrected chi connectivity index (χ4v) is 3.01. The Morgan fingerprint density at radius 1 is 0.636 bits per heavy atom. The van der Waals surface area contributed by atoms with E-state index in [4.69, 9.17) is 0 Å². The van der Waals surface area contributed by atoms with E-state index in [1.807, 2.05) is 0 Å². The first-order valence-corrected chi connectivity index (χ1v) is 7.69. The number of hydrogen-bond donors (Lipinski definition) is 0. The van der Waals surface area contributed by atoms with Gasteiger partial charge in [0.25, 0.3) is 0 Å². The van der Waals surface area contributed by atoms with Crippen molar-refractivity contribution in [3.8, 4) is 0 Å². The molecule has 4 unspecified atom stereocenters. The molecular formula is C21H40Ru. The Labute approximate surface area is 156 Å². The van der Waals surface area contributed by atoms with Crippen molar-refractivity contribution in [2.24, 2.45) is 23.7 Å². The van der Waals surface area contributed by atoms with Crippen LogP contribution in [0.1, 0.15) is 60.3 Å². The summed E-state index contributed by atoms with van der Waals surface area (Å²) in [6, 6.07) is 0. The van der Waals surface area contributed by atoms with E-state index in [0.717, 1.165) is 23.7 Å². The second-order valence-electron chi connectivity index (χ2n) is 6.14. The molecule has 4 atom stereocenters. The van der Waals surface area contributed by atoms with E-state index in [1.54, 1.807) is 5.92 Å². The molecule has 2 rings (SSSR count). The van der Waals surface area contributed by atoms with Crippen LogP contribution in [0.4, 0.5) is 0 Å². The SMILES string of the molecule is C1=CCC/C=C\CC1.C[C-]1C(C)C(C)C(C)C1C.[CH3-].[CH3-].[CH3-].[Ru+4]. The van der Waals surface area contributed by atoms with Crippen LogP contribution < -0.4 is 0 Å². The topological polar surface area (TPSA) is 0 Å². The van der Waals surface area contributed by atoms with E-state index >= 15 is 0 Å². The maximum Gasteiger partial charge on any atom is 4.00 e. The molecule has 0 amide bonds. The van der Waals surface area contributed by atoms with Gasteiger partial charge in [0.15, 0.2) is 0 Å². The van der Waals surface area contributed by atoms with E-state index in [0.29, 0.717) is 0 Å². The van der Waals surface area contributed by atoms with Gasteiger partial charge in [0.2, 0.25) is 0 Å². The van der Waals surface area contributed by atoms with Gasteiger partial charge in [0, 0.05) is 0 Å². The van der Waals surface area contributed by atoms with E-state index in [9.17, 15) is 0 Å². The van der Waals surface area contributed by atoms with Gasteiger partial charge in [-0.25, -0.2) is 0 Å². The summed E-state index contributed by atoms with van der Waals surface area (Å²) in [7, 11) is 0. The van der Waals surface area contributed by atoms with Gasteiger partial charge < -0.3 is 28.2 Å². The molecule has 22 heavy (non-hydrogen) atoms. The summed E-state index contributed by atoms with van der Waals surface area (Å²) in [4.78, 5) is 0. The minimum atomic E-state index is 0. The Morgan fingerprint density at radius 3 is 1.00 bits per heavy atom. The zero-order chi connectivity index (χ0) is 13.5. The molecule has 0 aromatic heterocycles. The summed E-state index contributed by atoms with van der Waals surface area (Å²) in [6.45, 7) is 11.8. The summed E-state index contributed by atoms with van der Waals surface area (Å²) >= 11 is 0. The van der Waals surface area contributed by atoms with Gasteiger partial charge in [-0.1, -0.05) is 63.8 Å². The monoisotopic (exact) mass is 394 g/mol. The van der Waals surface area contributed by atoms with E-state index in [2.05, 4.69) is 58.9 Å². The number of hydrogen-bond acceptors (Lipinski definition) is 0. The molecule has 2 aliphatic rings. The zero-order valence-corrected chi connectivity index (χ0v) is 18.0. The normalized spacial score (nSPS) is 31.5. The van der Waals surface area contributed by atoms with E-state index < -0.39 is 0 Å². The second-order valence-corrected chi connectivity index (χ2v) is 6.14. The molecule has 0 N–H and O–H groups in total. The number of rotatable bonds is 0.